The number of carbonyl (C=O) groups is 1. The van der Waals surface area contributed by atoms with E-state index in [-0.39, 0.29) is 23.4 Å². The molecule has 1 rings (SSSR count). The van der Waals surface area contributed by atoms with Crippen LogP contribution in [-0.2, 0) is 0 Å². The minimum atomic E-state index is -4.77. The minimum absolute atomic E-state index is 0.00930. The maximum Gasteiger partial charge on any atom is 0.430 e. The second-order valence-electron chi connectivity index (χ2n) is 5.55. The van der Waals surface area contributed by atoms with Gasteiger partial charge < -0.3 is 11.5 Å². The summed E-state index contributed by atoms with van der Waals surface area (Å²) < 4.78 is 52.4. The zero-order valence-corrected chi connectivity index (χ0v) is 16.7. The fraction of sp³-hybridized carbons (Fsp3) is 0.278. The van der Waals surface area contributed by atoms with E-state index in [0.29, 0.717) is 22.8 Å². The molecular formula is C18H19BrF4N4O. The number of rotatable bonds is 7. The molecular weight excluding hydrogens is 444 g/mol. The lowest BCUT2D eigenvalue weighted by molar-refractivity contribution is -0.0925. The van der Waals surface area contributed by atoms with Crippen molar-refractivity contribution >= 4 is 37.7 Å². The van der Waals surface area contributed by atoms with Gasteiger partial charge in [-0.3, -0.25) is 14.8 Å². The molecule has 4 N–H and O–H groups in total. The van der Waals surface area contributed by atoms with E-state index in [1.807, 2.05) is 0 Å². The summed E-state index contributed by atoms with van der Waals surface area (Å²) >= 11 is 3.20. The van der Waals surface area contributed by atoms with E-state index >= 15 is 0 Å². The van der Waals surface area contributed by atoms with Crippen molar-refractivity contribution in [1.82, 2.24) is 0 Å². The molecule has 0 radical (unpaired) electrons. The molecule has 152 valence electrons. The third kappa shape index (κ3) is 6.91. The number of alkyl halides is 3. The summed E-state index contributed by atoms with van der Waals surface area (Å²) in [5.74, 6) is -1.16. The number of carbonyl (C=O) groups excluding carboxylic acids is 1. The number of hydrogen-bond acceptors (Lipinski definition) is 5. The smallest absolute Gasteiger partial charge is 0.404 e. The van der Waals surface area contributed by atoms with Gasteiger partial charge in [0.05, 0.1) is 5.69 Å². The van der Waals surface area contributed by atoms with Gasteiger partial charge in [0.25, 0.3) is 0 Å². The summed E-state index contributed by atoms with van der Waals surface area (Å²) in [6.45, 7) is 3.38. The lowest BCUT2D eigenvalue weighted by Crippen LogP contribution is -2.21. The molecule has 0 heterocycles. The Morgan fingerprint density at radius 3 is 2.46 bits per heavy atom. The van der Waals surface area contributed by atoms with E-state index in [1.165, 1.54) is 19.2 Å². The molecule has 0 atom stereocenters. The van der Waals surface area contributed by atoms with Crippen LogP contribution in [0.4, 0.5) is 23.2 Å². The molecule has 1 aromatic carbocycles. The zero-order valence-electron chi connectivity index (χ0n) is 15.1. The summed E-state index contributed by atoms with van der Waals surface area (Å²) in [6.07, 6.45) is -3.11. The van der Waals surface area contributed by atoms with Crippen molar-refractivity contribution in [3.63, 3.8) is 0 Å². The number of Topliss-reactive ketones (excluding diaryl/α,β-unsaturated/α-hetero) is 1. The van der Waals surface area contributed by atoms with Crippen LogP contribution in [0.25, 0.3) is 0 Å². The summed E-state index contributed by atoms with van der Waals surface area (Å²) in [5, 5.41) is 0. The Kier molecular flexibility index (Phi) is 8.55. The van der Waals surface area contributed by atoms with Crippen molar-refractivity contribution in [2.24, 2.45) is 21.5 Å². The maximum absolute atomic E-state index is 13.4. The number of allylic oxidation sites excluding steroid dienone is 3. The largest absolute Gasteiger partial charge is 0.430 e. The first-order chi connectivity index (χ1) is 13.0. The van der Waals surface area contributed by atoms with Crippen LogP contribution in [0.1, 0.15) is 30.6 Å². The molecule has 0 amide bonds. The average molecular weight is 463 g/mol. The molecule has 0 saturated heterocycles. The Hall–Kier alpha value is -2.49. The van der Waals surface area contributed by atoms with Gasteiger partial charge in [-0.05, 0) is 54.1 Å². The first-order valence-electron chi connectivity index (χ1n) is 8.03. The second kappa shape index (κ2) is 10.2. The highest BCUT2D eigenvalue weighted by Crippen LogP contribution is 2.26. The highest BCUT2D eigenvalue weighted by atomic mass is 79.9. The Morgan fingerprint density at radius 1 is 1.32 bits per heavy atom. The number of halogens is 5. The molecule has 1 aromatic rings. The highest BCUT2D eigenvalue weighted by molar-refractivity contribution is 9.18. The van der Waals surface area contributed by atoms with Crippen LogP contribution in [0.2, 0.25) is 0 Å². The van der Waals surface area contributed by atoms with Gasteiger partial charge in [-0.15, -0.1) is 0 Å². The Labute approximate surface area is 168 Å². The lowest BCUT2D eigenvalue weighted by Gasteiger charge is -2.11. The van der Waals surface area contributed by atoms with Gasteiger partial charge in [0.2, 0.25) is 0 Å². The van der Waals surface area contributed by atoms with Gasteiger partial charge in [-0.1, -0.05) is 0 Å². The van der Waals surface area contributed by atoms with Gasteiger partial charge >= 0.3 is 6.18 Å². The van der Waals surface area contributed by atoms with E-state index < -0.39 is 23.5 Å². The van der Waals surface area contributed by atoms with Crippen molar-refractivity contribution in [3.05, 3.63) is 53.1 Å². The van der Waals surface area contributed by atoms with Crippen LogP contribution >= 0.6 is 15.9 Å². The van der Waals surface area contributed by atoms with Crippen LogP contribution in [0.15, 0.2) is 51.7 Å². The van der Waals surface area contributed by atoms with E-state index in [4.69, 9.17) is 11.5 Å². The summed E-state index contributed by atoms with van der Waals surface area (Å²) in [5.41, 5.74) is 9.45. The molecule has 0 spiro atoms. The van der Waals surface area contributed by atoms with Gasteiger partial charge in [0.15, 0.2) is 5.78 Å². The van der Waals surface area contributed by atoms with Crippen molar-refractivity contribution in [2.45, 2.75) is 26.4 Å². The fourth-order valence-electron chi connectivity index (χ4n) is 2.06. The molecule has 0 aliphatic rings. The molecule has 10 heteroatoms. The van der Waals surface area contributed by atoms with Crippen molar-refractivity contribution in [2.75, 3.05) is 6.54 Å². The van der Waals surface area contributed by atoms with E-state index in [1.54, 1.807) is 6.92 Å². The summed E-state index contributed by atoms with van der Waals surface area (Å²) in [6, 6.07) is 3.21. The van der Waals surface area contributed by atoms with Crippen molar-refractivity contribution in [1.29, 1.82) is 0 Å². The fourth-order valence-corrected chi connectivity index (χ4v) is 2.59. The molecule has 0 saturated carbocycles. The quantitative estimate of drug-likeness (QED) is 0.353. The maximum atomic E-state index is 13.4. The predicted octanol–water partition coefficient (Wildman–Crippen LogP) is 4.55. The van der Waals surface area contributed by atoms with Gasteiger partial charge in [0, 0.05) is 36.0 Å². The first kappa shape index (κ1) is 23.5. The van der Waals surface area contributed by atoms with E-state index in [9.17, 15) is 22.4 Å². The summed E-state index contributed by atoms with van der Waals surface area (Å²) in [4.78, 5) is 19.9. The lowest BCUT2D eigenvalue weighted by atomic mass is 10.1. The third-order valence-electron chi connectivity index (χ3n) is 3.39. The highest BCUT2D eigenvalue weighted by Gasteiger charge is 2.31. The first-order valence-corrected chi connectivity index (χ1v) is 8.82. The Bertz CT molecular complexity index is 858. The number of nitrogens with two attached hydrogens (primary N) is 2. The average Bonchev–Trinajstić information content (AvgIpc) is 2.59. The number of aliphatic imine (C=N–C) groups is 2. The van der Waals surface area contributed by atoms with Crippen LogP contribution in [0.5, 0.6) is 0 Å². The molecule has 0 aliphatic carbocycles. The SMILES string of the molecule is CCN=C(Br)C(=CN)CC(C=C(N)C(F)(F)F)=Nc1ccc(F)cc1C(C)=O. The Balaban J connectivity index is 3.54. The number of benzene rings is 1. The molecule has 5 nitrogen and oxygen atoms in total. The van der Waals surface area contributed by atoms with Gasteiger partial charge in [0.1, 0.15) is 16.1 Å². The van der Waals surface area contributed by atoms with E-state index in [2.05, 4.69) is 25.9 Å². The molecule has 0 bridgehead atoms. The van der Waals surface area contributed by atoms with Crippen LogP contribution in [-0.4, -0.2) is 28.8 Å². The molecule has 0 aromatic heterocycles. The molecule has 0 unspecified atom stereocenters. The monoisotopic (exact) mass is 462 g/mol. The Morgan fingerprint density at radius 2 is 1.96 bits per heavy atom. The topological polar surface area (TPSA) is 93.8 Å². The normalized spacial score (nSPS) is 14.4. The van der Waals surface area contributed by atoms with Gasteiger partial charge in [-0.25, -0.2) is 4.39 Å². The third-order valence-corrected chi connectivity index (χ3v) is 4.15. The number of hydrogen-bond donors (Lipinski definition) is 2. The van der Waals surface area contributed by atoms with E-state index in [0.717, 1.165) is 12.1 Å². The summed E-state index contributed by atoms with van der Waals surface area (Å²) in [7, 11) is 0. The van der Waals surface area contributed by atoms with Crippen molar-refractivity contribution in [3.8, 4) is 0 Å². The number of ketones is 1. The predicted molar refractivity (Wildman–Crippen MR) is 106 cm³/mol. The molecule has 0 fully saturated rings. The molecule has 28 heavy (non-hydrogen) atoms. The number of nitrogens with zero attached hydrogens (tertiary/aromatic N) is 2. The zero-order chi connectivity index (χ0) is 21.5. The van der Waals surface area contributed by atoms with Crippen LogP contribution in [0, 0.1) is 5.82 Å². The standard InChI is InChI=1S/C18H19BrF4N4O/c1-3-26-17(19)11(9-24)6-13(8-16(25)18(21,22)23)27-15-5-4-12(20)7-14(15)10(2)28/h4-5,7-9H,3,6,24-25H2,1-2H3. The van der Waals surface area contributed by atoms with Crippen LogP contribution in [0.3, 0.4) is 0 Å². The van der Waals surface area contributed by atoms with Gasteiger partial charge in [-0.2, -0.15) is 13.2 Å². The second-order valence-corrected chi connectivity index (χ2v) is 6.30. The van der Waals surface area contributed by atoms with Crippen LogP contribution < -0.4 is 11.5 Å². The van der Waals surface area contributed by atoms with Crippen molar-refractivity contribution < 1.29 is 22.4 Å². The molecule has 0 aliphatic heterocycles. The minimum Gasteiger partial charge on any atom is -0.404 e.